The van der Waals surface area contributed by atoms with Gasteiger partial charge in [0.05, 0.1) is 11.6 Å². The second-order valence-electron chi connectivity index (χ2n) is 4.76. The molecule has 21 heavy (non-hydrogen) atoms. The average molecular weight is 302 g/mol. The molecular weight excluding hydrogens is 288 g/mol. The molecule has 1 aliphatic heterocycles. The normalized spacial score (nSPS) is 17.6. The van der Waals surface area contributed by atoms with E-state index in [1.54, 1.807) is 36.4 Å². The Bertz CT molecular complexity index is 788. The lowest BCUT2D eigenvalue weighted by Crippen LogP contribution is -2.38. The number of rotatable bonds is 3. The van der Waals surface area contributed by atoms with Gasteiger partial charge in [0.25, 0.3) is 15.9 Å². The molecule has 1 aliphatic rings. The Morgan fingerprint density at radius 1 is 1.00 bits per heavy atom. The maximum atomic E-state index is 12.6. The zero-order valence-electron chi connectivity index (χ0n) is 11.1. The van der Waals surface area contributed by atoms with Gasteiger partial charge in [0.2, 0.25) is 0 Å². The highest BCUT2D eigenvalue weighted by molar-refractivity contribution is 7.90. The van der Waals surface area contributed by atoms with Crippen LogP contribution in [0.2, 0.25) is 0 Å². The van der Waals surface area contributed by atoms with E-state index >= 15 is 0 Å². The van der Waals surface area contributed by atoms with Crippen molar-refractivity contribution < 1.29 is 13.2 Å². The first-order chi connectivity index (χ1) is 10.1. The molecule has 1 atom stereocenters. The molecule has 0 aromatic heterocycles. The van der Waals surface area contributed by atoms with E-state index in [4.69, 9.17) is 5.73 Å². The number of benzene rings is 2. The predicted molar refractivity (Wildman–Crippen MR) is 78.0 cm³/mol. The van der Waals surface area contributed by atoms with E-state index in [9.17, 15) is 13.2 Å². The molecule has 5 nitrogen and oxygen atoms in total. The molecule has 0 aliphatic carbocycles. The van der Waals surface area contributed by atoms with Crippen LogP contribution in [0.5, 0.6) is 0 Å². The van der Waals surface area contributed by atoms with Gasteiger partial charge in [-0.15, -0.1) is 0 Å². The largest absolute Gasteiger partial charge is 0.328 e. The van der Waals surface area contributed by atoms with Crippen molar-refractivity contribution in [1.82, 2.24) is 4.31 Å². The van der Waals surface area contributed by atoms with Gasteiger partial charge in [-0.05, 0) is 17.7 Å². The minimum atomic E-state index is -3.85. The van der Waals surface area contributed by atoms with Gasteiger partial charge in [0, 0.05) is 6.54 Å². The van der Waals surface area contributed by atoms with Gasteiger partial charge in [-0.2, -0.15) is 0 Å². The van der Waals surface area contributed by atoms with Gasteiger partial charge >= 0.3 is 0 Å². The van der Waals surface area contributed by atoms with Crippen molar-refractivity contribution in [2.75, 3.05) is 6.54 Å². The van der Waals surface area contributed by atoms with Crippen LogP contribution >= 0.6 is 0 Å². The summed E-state index contributed by atoms with van der Waals surface area (Å²) in [7, 11) is -3.85. The molecule has 0 bridgehead atoms. The lowest BCUT2D eigenvalue weighted by Gasteiger charge is -2.25. The lowest BCUT2D eigenvalue weighted by atomic mass is 10.1. The van der Waals surface area contributed by atoms with E-state index in [2.05, 4.69) is 0 Å². The monoisotopic (exact) mass is 302 g/mol. The van der Waals surface area contributed by atoms with E-state index in [0.717, 1.165) is 4.31 Å². The third kappa shape index (κ3) is 2.03. The van der Waals surface area contributed by atoms with E-state index in [-0.39, 0.29) is 17.0 Å². The molecule has 1 amide bonds. The lowest BCUT2D eigenvalue weighted by molar-refractivity contribution is 0.0834. The molecule has 108 valence electrons. The molecule has 1 heterocycles. The maximum absolute atomic E-state index is 12.6. The minimum absolute atomic E-state index is 0.0307. The van der Waals surface area contributed by atoms with Crippen LogP contribution in [0.1, 0.15) is 22.0 Å². The fourth-order valence-electron chi connectivity index (χ4n) is 2.55. The van der Waals surface area contributed by atoms with Crippen molar-refractivity contribution in [2.45, 2.75) is 10.9 Å². The summed E-state index contributed by atoms with van der Waals surface area (Å²) < 4.78 is 26.1. The number of carbonyl (C=O) groups excluding carboxylic acids is 1. The molecule has 0 radical (unpaired) electrons. The molecule has 0 fully saturated rings. The van der Waals surface area contributed by atoms with Gasteiger partial charge < -0.3 is 5.73 Å². The van der Waals surface area contributed by atoms with Crippen LogP contribution in [-0.4, -0.2) is 25.2 Å². The average Bonchev–Trinajstić information content (AvgIpc) is 2.71. The summed E-state index contributed by atoms with van der Waals surface area (Å²) in [5, 5.41) is 0. The molecule has 0 spiro atoms. The highest BCUT2D eigenvalue weighted by atomic mass is 32.2. The predicted octanol–water partition coefficient (Wildman–Crippen LogP) is 1.53. The van der Waals surface area contributed by atoms with Crippen LogP contribution in [0.3, 0.4) is 0 Å². The van der Waals surface area contributed by atoms with Crippen LogP contribution in [0.25, 0.3) is 0 Å². The van der Waals surface area contributed by atoms with Crippen LogP contribution in [0, 0.1) is 0 Å². The number of carbonyl (C=O) groups is 1. The number of sulfonamides is 1. The van der Waals surface area contributed by atoms with Crippen molar-refractivity contribution in [3.63, 3.8) is 0 Å². The van der Waals surface area contributed by atoms with E-state index < -0.39 is 22.0 Å². The van der Waals surface area contributed by atoms with Gasteiger partial charge in [-0.25, -0.2) is 12.7 Å². The molecule has 2 aromatic rings. The van der Waals surface area contributed by atoms with Crippen LogP contribution in [-0.2, 0) is 10.0 Å². The minimum Gasteiger partial charge on any atom is -0.328 e. The number of hydrogen-bond acceptors (Lipinski definition) is 4. The Labute approximate surface area is 123 Å². The summed E-state index contributed by atoms with van der Waals surface area (Å²) >= 11 is 0. The fourth-order valence-corrected chi connectivity index (χ4v) is 4.31. The molecular formula is C15H14N2O3S. The third-order valence-corrected chi connectivity index (χ3v) is 5.40. The second kappa shape index (κ2) is 4.98. The van der Waals surface area contributed by atoms with E-state index in [0.29, 0.717) is 5.56 Å². The number of hydrogen-bond donors (Lipinski definition) is 1. The highest BCUT2D eigenvalue weighted by Crippen LogP contribution is 2.36. The van der Waals surface area contributed by atoms with Crippen molar-refractivity contribution in [3.05, 3.63) is 65.7 Å². The Kier molecular flexibility index (Phi) is 3.27. The van der Waals surface area contributed by atoms with E-state index in [1.807, 2.05) is 6.07 Å². The smallest absolute Gasteiger partial charge is 0.269 e. The first-order valence-electron chi connectivity index (χ1n) is 6.50. The Balaban J connectivity index is 2.14. The summed E-state index contributed by atoms with van der Waals surface area (Å²) in [5.41, 5.74) is 6.64. The van der Waals surface area contributed by atoms with Crippen molar-refractivity contribution in [3.8, 4) is 0 Å². The Morgan fingerprint density at radius 2 is 1.62 bits per heavy atom. The SMILES string of the molecule is NCC(c1ccccc1)N1C(=O)c2ccccc2S1(=O)=O. The summed E-state index contributed by atoms with van der Waals surface area (Å²) in [5.74, 6) is -0.523. The highest BCUT2D eigenvalue weighted by Gasteiger charge is 2.44. The maximum Gasteiger partial charge on any atom is 0.269 e. The van der Waals surface area contributed by atoms with Crippen LogP contribution in [0.15, 0.2) is 59.5 Å². The molecule has 1 unspecified atom stereocenters. The first-order valence-corrected chi connectivity index (χ1v) is 7.94. The summed E-state index contributed by atoms with van der Waals surface area (Å²) in [6.07, 6.45) is 0. The number of fused-ring (bicyclic) bond motifs is 1. The molecule has 2 N–H and O–H groups in total. The second-order valence-corrected chi connectivity index (χ2v) is 6.55. The molecule has 0 saturated heterocycles. The van der Waals surface area contributed by atoms with Crippen molar-refractivity contribution in [1.29, 1.82) is 0 Å². The quantitative estimate of drug-likeness (QED) is 0.932. The van der Waals surface area contributed by atoms with Gasteiger partial charge in [0.1, 0.15) is 4.90 Å². The summed E-state index contributed by atoms with van der Waals surface area (Å²) in [6, 6.07) is 14.5. The summed E-state index contributed by atoms with van der Waals surface area (Å²) in [6.45, 7) is 0.0307. The first kappa shape index (κ1) is 13.8. The van der Waals surface area contributed by atoms with Crippen molar-refractivity contribution >= 4 is 15.9 Å². The van der Waals surface area contributed by atoms with Crippen LogP contribution in [0.4, 0.5) is 0 Å². The van der Waals surface area contributed by atoms with Gasteiger partial charge in [-0.1, -0.05) is 42.5 Å². The fraction of sp³-hybridized carbons (Fsp3) is 0.133. The molecule has 2 aromatic carbocycles. The van der Waals surface area contributed by atoms with Gasteiger partial charge in [-0.3, -0.25) is 4.79 Å². The summed E-state index contributed by atoms with van der Waals surface area (Å²) in [4.78, 5) is 12.5. The number of nitrogens with two attached hydrogens (primary N) is 1. The Hall–Kier alpha value is -2.18. The Morgan fingerprint density at radius 3 is 2.24 bits per heavy atom. The topological polar surface area (TPSA) is 80.5 Å². The number of amides is 1. The molecule has 3 rings (SSSR count). The van der Waals surface area contributed by atoms with Gasteiger partial charge in [0.15, 0.2) is 0 Å². The zero-order chi connectivity index (χ0) is 15.0. The van der Waals surface area contributed by atoms with Crippen LogP contribution < -0.4 is 5.73 Å². The standard InChI is InChI=1S/C15H14N2O3S/c16-10-13(11-6-2-1-3-7-11)17-15(18)12-8-4-5-9-14(12)21(17,19)20/h1-9,13H,10,16H2. The third-order valence-electron chi connectivity index (χ3n) is 3.55. The van der Waals surface area contributed by atoms with Crippen molar-refractivity contribution in [2.24, 2.45) is 5.73 Å². The zero-order valence-corrected chi connectivity index (χ0v) is 12.0. The molecule has 6 heteroatoms. The van der Waals surface area contributed by atoms with E-state index in [1.165, 1.54) is 12.1 Å². The molecule has 0 saturated carbocycles. The number of nitrogens with zero attached hydrogens (tertiary/aromatic N) is 1.